The Kier molecular flexibility index (Phi) is 6.45. The first-order valence-electron chi connectivity index (χ1n) is 9.82. The average Bonchev–Trinajstić information content (AvgIpc) is 3.44. The maximum absolute atomic E-state index is 12.6. The van der Waals surface area contributed by atoms with Gasteiger partial charge in [-0.1, -0.05) is 48.5 Å². The van der Waals surface area contributed by atoms with E-state index in [1.165, 1.54) is 6.07 Å². The van der Waals surface area contributed by atoms with Gasteiger partial charge in [-0.3, -0.25) is 4.79 Å². The Balaban J connectivity index is 1.44. The molecule has 2 aromatic carbocycles. The highest BCUT2D eigenvalue weighted by Crippen LogP contribution is 2.20. The lowest BCUT2D eigenvalue weighted by Crippen LogP contribution is -2.34. The van der Waals surface area contributed by atoms with Crippen LogP contribution in [0.3, 0.4) is 0 Å². The van der Waals surface area contributed by atoms with Crippen molar-refractivity contribution in [3.8, 4) is 0 Å². The lowest BCUT2D eigenvalue weighted by Gasteiger charge is -2.17. The van der Waals surface area contributed by atoms with Crippen molar-refractivity contribution in [1.29, 1.82) is 0 Å². The van der Waals surface area contributed by atoms with E-state index in [1.807, 2.05) is 54.6 Å². The van der Waals surface area contributed by atoms with Crippen molar-refractivity contribution in [3.05, 3.63) is 83.5 Å². The summed E-state index contributed by atoms with van der Waals surface area (Å²) in [5, 5.41) is 4.70. The van der Waals surface area contributed by atoms with E-state index in [1.54, 1.807) is 11.4 Å². The minimum absolute atomic E-state index is 0.0181. The summed E-state index contributed by atoms with van der Waals surface area (Å²) in [6.45, 7) is 0.0181. The van der Waals surface area contributed by atoms with Crippen LogP contribution in [0.15, 0.2) is 76.3 Å². The number of amides is 1. The topological polar surface area (TPSA) is 104 Å². The SMILES string of the molecule is O=C(CCNS(=O)(=O)c1cccs1)N[C@H](Cc1ccccc1)c1nc2ccccc2[nH]1. The molecule has 0 radical (unpaired) electrons. The summed E-state index contributed by atoms with van der Waals surface area (Å²) in [6.07, 6.45) is 0.587. The van der Waals surface area contributed by atoms with Crippen molar-refractivity contribution in [2.24, 2.45) is 0 Å². The number of rotatable bonds is 9. The van der Waals surface area contributed by atoms with Crippen LogP contribution in [0.4, 0.5) is 0 Å². The average molecular weight is 455 g/mol. The molecule has 0 spiro atoms. The molecule has 0 bridgehead atoms. The smallest absolute Gasteiger partial charge is 0.250 e. The van der Waals surface area contributed by atoms with Gasteiger partial charge in [0.15, 0.2) is 0 Å². The molecule has 0 aliphatic carbocycles. The van der Waals surface area contributed by atoms with Gasteiger partial charge < -0.3 is 10.3 Å². The van der Waals surface area contributed by atoms with Gasteiger partial charge >= 0.3 is 0 Å². The molecular formula is C22H22N4O3S2. The van der Waals surface area contributed by atoms with Gasteiger partial charge in [0.2, 0.25) is 15.9 Å². The summed E-state index contributed by atoms with van der Waals surface area (Å²) in [7, 11) is -3.59. The lowest BCUT2D eigenvalue weighted by molar-refractivity contribution is -0.121. The van der Waals surface area contributed by atoms with Gasteiger partial charge in [-0.25, -0.2) is 18.1 Å². The van der Waals surface area contributed by atoms with E-state index < -0.39 is 10.0 Å². The monoisotopic (exact) mass is 454 g/mol. The second-order valence-corrected chi connectivity index (χ2v) is 9.97. The van der Waals surface area contributed by atoms with Crippen molar-refractivity contribution >= 4 is 38.3 Å². The zero-order chi connectivity index (χ0) is 21.7. The normalized spacial score (nSPS) is 12.6. The van der Waals surface area contributed by atoms with Gasteiger partial charge in [0, 0.05) is 13.0 Å². The molecule has 0 aliphatic heterocycles. The summed E-state index contributed by atoms with van der Waals surface area (Å²) in [6, 6.07) is 20.4. The predicted molar refractivity (Wildman–Crippen MR) is 121 cm³/mol. The molecule has 7 nitrogen and oxygen atoms in total. The molecule has 0 aliphatic rings. The molecule has 160 valence electrons. The number of hydrogen-bond donors (Lipinski definition) is 3. The van der Waals surface area contributed by atoms with E-state index in [2.05, 4.69) is 20.0 Å². The molecule has 2 heterocycles. The highest BCUT2D eigenvalue weighted by Gasteiger charge is 2.20. The molecule has 4 rings (SSSR count). The largest absolute Gasteiger partial charge is 0.346 e. The Bertz CT molecular complexity index is 1220. The molecule has 31 heavy (non-hydrogen) atoms. The Morgan fingerprint density at radius 2 is 1.81 bits per heavy atom. The van der Waals surface area contributed by atoms with Crippen LogP contribution in [0.1, 0.15) is 23.9 Å². The van der Waals surface area contributed by atoms with Crippen molar-refractivity contribution in [2.75, 3.05) is 6.54 Å². The quantitative estimate of drug-likeness (QED) is 0.361. The molecule has 3 N–H and O–H groups in total. The molecule has 1 amide bonds. The van der Waals surface area contributed by atoms with Crippen molar-refractivity contribution in [3.63, 3.8) is 0 Å². The number of carbonyl (C=O) groups is 1. The maximum atomic E-state index is 12.6. The van der Waals surface area contributed by atoms with Crippen LogP contribution in [0.5, 0.6) is 0 Å². The van der Waals surface area contributed by atoms with Gasteiger partial charge in [-0.2, -0.15) is 0 Å². The maximum Gasteiger partial charge on any atom is 0.250 e. The number of sulfonamides is 1. The standard InChI is InChI=1S/C22H22N4O3S2/c27-20(12-13-23-31(28,29)21-11-6-14-30-21)24-19(15-16-7-2-1-3-8-16)22-25-17-9-4-5-10-18(17)26-22/h1-11,14,19,23H,12-13,15H2,(H,24,27)(H,25,26)/t19-/m1/s1. The number of para-hydroxylation sites is 2. The second-order valence-electron chi connectivity index (χ2n) is 7.03. The summed E-state index contributed by atoms with van der Waals surface area (Å²) in [5.74, 6) is 0.410. The third-order valence-electron chi connectivity index (χ3n) is 4.76. The van der Waals surface area contributed by atoms with E-state index in [9.17, 15) is 13.2 Å². The van der Waals surface area contributed by atoms with Crippen LogP contribution in [0.25, 0.3) is 11.0 Å². The first-order chi connectivity index (χ1) is 15.0. The van der Waals surface area contributed by atoms with Crippen LogP contribution in [0.2, 0.25) is 0 Å². The molecule has 0 fully saturated rings. The highest BCUT2D eigenvalue weighted by atomic mass is 32.2. The van der Waals surface area contributed by atoms with Gasteiger partial charge in [0.25, 0.3) is 0 Å². The van der Waals surface area contributed by atoms with Crippen molar-refractivity contribution in [1.82, 2.24) is 20.0 Å². The number of aromatic amines is 1. The minimum atomic E-state index is -3.59. The van der Waals surface area contributed by atoms with E-state index >= 15 is 0 Å². The fourth-order valence-electron chi connectivity index (χ4n) is 3.26. The summed E-state index contributed by atoms with van der Waals surface area (Å²) in [4.78, 5) is 20.5. The first-order valence-corrected chi connectivity index (χ1v) is 12.2. The minimum Gasteiger partial charge on any atom is -0.346 e. The second kappa shape index (κ2) is 9.42. The van der Waals surface area contributed by atoms with Gasteiger partial charge in [-0.15, -0.1) is 11.3 Å². The van der Waals surface area contributed by atoms with Gasteiger partial charge in [-0.05, 0) is 35.6 Å². The zero-order valence-electron chi connectivity index (χ0n) is 16.6. The number of aromatic nitrogens is 2. The molecule has 0 saturated carbocycles. The number of thiophene rings is 1. The van der Waals surface area contributed by atoms with Crippen LogP contribution < -0.4 is 10.0 Å². The number of nitrogens with zero attached hydrogens (tertiary/aromatic N) is 1. The third kappa shape index (κ3) is 5.38. The van der Waals surface area contributed by atoms with E-state index in [4.69, 9.17) is 0 Å². The fraction of sp³-hybridized carbons (Fsp3) is 0.182. The van der Waals surface area contributed by atoms with Crippen molar-refractivity contribution < 1.29 is 13.2 Å². The molecule has 9 heteroatoms. The van der Waals surface area contributed by atoms with Gasteiger partial charge in [0.05, 0.1) is 17.1 Å². The van der Waals surface area contributed by atoms with Gasteiger partial charge in [0.1, 0.15) is 10.0 Å². The molecule has 2 aromatic heterocycles. The fourth-order valence-corrected chi connectivity index (χ4v) is 5.33. The molecule has 0 saturated heterocycles. The predicted octanol–water partition coefficient (Wildman–Crippen LogP) is 3.39. The third-order valence-corrected chi connectivity index (χ3v) is 7.62. The van der Waals surface area contributed by atoms with Crippen LogP contribution in [-0.4, -0.2) is 30.8 Å². The molecule has 4 aromatic rings. The Morgan fingerprint density at radius 1 is 1.03 bits per heavy atom. The molecular weight excluding hydrogens is 432 g/mol. The molecule has 0 unspecified atom stereocenters. The molecule has 1 atom stereocenters. The van der Waals surface area contributed by atoms with E-state index in [-0.39, 0.29) is 29.1 Å². The number of H-pyrrole nitrogens is 1. The lowest BCUT2D eigenvalue weighted by atomic mass is 10.1. The Hall–Kier alpha value is -3.01. The van der Waals surface area contributed by atoms with E-state index in [0.717, 1.165) is 27.9 Å². The number of nitrogens with one attached hydrogen (secondary N) is 3. The number of imidazole rings is 1. The Morgan fingerprint density at radius 3 is 2.55 bits per heavy atom. The number of carbonyl (C=O) groups excluding carboxylic acids is 1. The summed E-state index contributed by atoms with van der Waals surface area (Å²) >= 11 is 1.14. The van der Waals surface area contributed by atoms with Crippen molar-refractivity contribution in [2.45, 2.75) is 23.1 Å². The number of fused-ring (bicyclic) bond motifs is 1. The van der Waals surface area contributed by atoms with E-state index in [0.29, 0.717) is 12.2 Å². The summed E-state index contributed by atoms with van der Waals surface area (Å²) in [5.41, 5.74) is 2.79. The number of benzene rings is 2. The Labute approximate surface area is 184 Å². The van der Waals surface area contributed by atoms with Crippen LogP contribution in [-0.2, 0) is 21.2 Å². The van der Waals surface area contributed by atoms with Crippen LogP contribution >= 0.6 is 11.3 Å². The summed E-state index contributed by atoms with van der Waals surface area (Å²) < 4.78 is 27.1. The number of hydrogen-bond acceptors (Lipinski definition) is 5. The first kappa shape index (κ1) is 21.2. The van der Waals surface area contributed by atoms with Crippen LogP contribution in [0, 0.1) is 0 Å². The zero-order valence-corrected chi connectivity index (χ0v) is 18.2. The highest BCUT2D eigenvalue weighted by molar-refractivity contribution is 7.91.